The summed E-state index contributed by atoms with van der Waals surface area (Å²) in [5.41, 5.74) is 0.844. The maximum Gasteiger partial charge on any atom is 0.148 e. The van der Waals surface area contributed by atoms with Gasteiger partial charge < -0.3 is 9.84 Å². The zero-order valence-corrected chi connectivity index (χ0v) is 14.9. The number of nitrogens with zero attached hydrogens (tertiary/aromatic N) is 3. The lowest BCUT2D eigenvalue weighted by molar-refractivity contribution is -0.0827. The quantitative estimate of drug-likeness (QED) is 0.873. The Morgan fingerprint density at radius 1 is 1.40 bits per heavy atom. The van der Waals surface area contributed by atoms with E-state index in [1.165, 1.54) is 6.07 Å². The van der Waals surface area contributed by atoms with E-state index in [0.717, 1.165) is 31.6 Å². The van der Waals surface area contributed by atoms with Gasteiger partial charge in [0.25, 0.3) is 0 Å². The predicted molar refractivity (Wildman–Crippen MR) is 94.0 cm³/mol. The van der Waals surface area contributed by atoms with E-state index < -0.39 is 5.60 Å². The zero-order valence-electron chi connectivity index (χ0n) is 14.9. The van der Waals surface area contributed by atoms with Gasteiger partial charge in [0.15, 0.2) is 0 Å². The van der Waals surface area contributed by atoms with Crippen LogP contribution in [-0.4, -0.2) is 52.2 Å². The van der Waals surface area contributed by atoms with Crippen molar-refractivity contribution in [1.29, 1.82) is 0 Å². The average Bonchev–Trinajstić information content (AvgIpc) is 3.05. The van der Waals surface area contributed by atoms with Gasteiger partial charge in [-0.2, -0.15) is 5.10 Å². The highest BCUT2D eigenvalue weighted by Gasteiger charge is 2.38. The van der Waals surface area contributed by atoms with Crippen molar-refractivity contribution in [3.05, 3.63) is 48.0 Å². The summed E-state index contributed by atoms with van der Waals surface area (Å²) in [6.45, 7) is 5.07. The monoisotopic (exact) mass is 347 g/mol. The third kappa shape index (κ3) is 4.08. The first-order chi connectivity index (χ1) is 12.0. The Bertz CT molecular complexity index is 705. The van der Waals surface area contributed by atoms with Gasteiger partial charge in [-0.1, -0.05) is 19.1 Å². The maximum atomic E-state index is 13.9. The number of hydrogen-bond acceptors (Lipinski definition) is 4. The van der Waals surface area contributed by atoms with E-state index in [1.807, 2.05) is 6.20 Å². The molecule has 0 spiro atoms. The van der Waals surface area contributed by atoms with Crippen LogP contribution in [0, 0.1) is 11.7 Å². The summed E-state index contributed by atoms with van der Waals surface area (Å²) in [6, 6.07) is 6.62. The molecule has 1 aliphatic rings. The summed E-state index contributed by atoms with van der Waals surface area (Å²) >= 11 is 0. The molecule has 1 N–H and O–H groups in total. The number of benzene rings is 1. The minimum atomic E-state index is -0.649. The molecule has 1 aromatic heterocycles. The molecule has 1 saturated heterocycles. The highest BCUT2D eigenvalue weighted by molar-refractivity contribution is 5.32. The van der Waals surface area contributed by atoms with Gasteiger partial charge in [-0.3, -0.25) is 4.90 Å². The Kier molecular flexibility index (Phi) is 5.51. The third-order valence-corrected chi connectivity index (χ3v) is 5.19. The van der Waals surface area contributed by atoms with Gasteiger partial charge in [0.1, 0.15) is 11.5 Å². The van der Waals surface area contributed by atoms with Crippen LogP contribution in [-0.2, 0) is 11.3 Å². The zero-order chi connectivity index (χ0) is 17.9. The lowest BCUT2D eigenvalue weighted by Gasteiger charge is -2.43. The van der Waals surface area contributed by atoms with Crippen molar-refractivity contribution in [2.75, 3.05) is 26.8 Å². The van der Waals surface area contributed by atoms with Crippen molar-refractivity contribution in [3.63, 3.8) is 0 Å². The van der Waals surface area contributed by atoms with Gasteiger partial charge in [0.2, 0.25) is 0 Å². The van der Waals surface area contributed by atoms with Crippen LogP contribution in [0.4, 0.5) is 4.39 Å². The number of aromatic nitrogens is 2. The van der Waals surface area contributed by atoms with Crippen molar-refractivity contribution in [2.24, 2.45) is 5.92 Å². The molecule has 0 bridgehead atoms. The van der Waals surface area contributed by atoms with E-state index in [1.54, 1.807) is 36.2 Å². The fourth-order valence-corrected chi connectivity index (χ4v) is 3.51. The summed E-state index contributed by atoms with van der Waals surface area (Å²) in [5, 5.41) is 15.1. The molecule has 6 heteroatoms. The Labute approximate surface area is 148 Å². The van der Waals surface area contributed by atoms with E-state index >= 15 is 0 Å². The minimum absolute atomic E-state index is 0.179. The minimum Gasteiger partial charge on any atom is -0.389 e. The molecular formula is C19H26FN3O2. The second-order valence-corrected chi connectivity index (χ2v) is 6.98. The summed E-state index contributed by atoms with van der Waals surface area (Å²) in [4.78, 5) is 2.31. The molecule has 0 aliphatic carbocycles. The van der Waals surface area contributed by atoms with Gasteiger partial charge in [-0.05, 0) is 30.9 Å². The molecule has 3 rings (SSSR count). The molecule has 0 amide bonds. The fourth-order valence-electron chi connectivity index (χ4n) is 3.51. The summed E-state index contributed by atoms with van der Waals surface area (Å²) in [6.07, 6.45) is 5.06. The van der Waals surface area contributed by atoms with Crippen LogP contribution in [0.2, 0.25) is 0 Å². The Hall–Kier alpha value is -1.76. The second kappa shape index (κ2) is 7.64. The van der Waals surface area contributed by atoms with Crippen molar-refractivity contribution in [1.82, 2.24) is 14.7 Å². The molecule has 2 aromatic rings. The number of aliphatic hydroxyl groups is 1. The van der Waals surface area contributed by atoms with Crippen LogP contribution in [0.25, 0.3) is 5.69 Å². The van der Waals surface area contributed by atoms with E-state index in [4.69, 9.17) is 4.74 Å². The molecule has 1 aromatic carbocycles. The smallest absolute Gasteiger partial charge is 0.148 e. The summed E-state index contributed by atoms with van der Waals surface area (Å²) in [5.74, 6) is -0.107. The SMILES string of the molecule is COCC[C@]1(O)CCN(Cc2cnn(-c3ccccc3F)c2)C[C@H]1C. The molecule has 136 valence electrons. The maximum absolute atomic E-state index is 13.9. The second-order valence-electron chi connectivity index (χ2n) is 6.98. The molecule has 0 saturated carbocycles. The van der Waals surface area contributed by atoms with E-state index in [2.05, 4.69) is 16.9 Å². The molecule has 0 radical (unpaired) electrons. The molecule has 0 unspecified atom stereocenters. The van der Waals surface area contributed by atoms with Gasteiger partial charge in [0, 0.05) is 45.1 Å². The normalized spacial score (nSPS) is 24.6. The van der Waals surface area contributed by atoms with E-state index in [-0.39, 0.29) is 11.7 Å². The van der Waals surface area contributed by atoms with Crippen molar-refractivity contribution < 1.29 is 14.2 Å². The van der Waals surface area contributed by atoms with Crippen LogP contribution in [0.15, 0.2) is 36.7 Å². The van der Waals surface area contributed by atoms with Crippen LogP contribution in [0.1, 0.15) is 25.3 Å². The number of rotatable bonds is 6. The number of likely N-dealkylation sites (tertiary alicyclic amines) is 1. The number of para-hydroxylation sites is 1. The first-order valence-corrected chi connectivity index (χ1v) is 8.74. The van der Waals surface area contributed by atoms with Crippen LogP contribution in [0.5, 0.6) is 0 Å². The Morgan fingerprint density at radius 2 is 2.20 bits per heavy atom. The molecular weight excluding hydrogens is 321 g/mol. The number of hydrogen-bond donors (Lipinski definition) is 1. The van der Waals surface area contributed by atoms with Crippen molar-refractivity contribution >= 4 is 0 Å². The molecule has 2 heterocycles. The average molecular weight is 347 g/mol. The van der Waals surface area contributed by atoms with Gasteiger partial charge >= 0.3 is 0 Å². The first kappa shape index (κ1) is 18.0. The number of piperidine rings is 1. The number of methoxy groups -OCH3 is 1. The molecule has 25 heavy (non-hydrogen) atoms. The lowest BCUT2D eigenvalue weighted by atomic mass is 9.80. The van der Waals surface area contributed by atoms with Gasteiger partial charge in [-0.15, -0.1) is 0 Å². The number of halogens is 1. The Balaban J connectivity index is 1.62. The predicted octanol–water partition coefficient (Wildman–Crippen LogP) is 2.62. The standard InChI is InChI=1S/C19H26FN3O2/c1-15-12-22(9-7-19(15,24)8-10-25-2)13-16-11-21-23(14-16)18-6-4-3-5-17(18)20/h3-6,11,14-15,24H,7-10,12-13H2,1-2H3/t15-,19-/m1/s1. The summed E-state index contributed by atoms with van der Waals surface area (Å²) < 4.78 is 20.6. The highest BCUT2D eigenvalue weighted by Crippen LogP contribution is 2.31. The van der Waals surface area contributed by atoms with Gasteiger partial charge in [0.05, 0.1) is 11.8 Å². The molecule has 2 atom stereocenters. The van der Waals surface area contributed by atoms with Crippen LogP contribution < -0.4 is 0 Å². The van der Waals surface area contributed by atoms with E-state index in [9.17, 15) is 9.50 Å². The van der Waals surface area contributed by atoms with Crippen molar-refractivity contribution in [2.45, 2.75) is 31.9 Å². The van der Waals surface area contributed by atoms with Crippen molar-refractivity contribution in [3.8, 4) is 5.69 Å². The molecule has 1 aliphatic heterocycles. The third-order valence-electron chi connectivity index (χ3n) is 5.19. The fraction of sp³-hybridized carbons (Fsp3) is 0.526. The van der Waals surface area contributed by atoms with Gasteiger partial charge in [-0.25, -0.2) is 9.07 Å². The number of ether oxygens (including phenoxy) is 1. The largest absolute Gasteiger partial charge is 0.389 e. The lowest BCUT2D eigenvalue weighted by Crippen LogP contribution is -2.50. The molecule has 1 fully saturated rings. The topological polar surface area (TPSA) is 50.5 Å². The summed E-state index contributed by atoms with van der Waals surface area (Å²) in [7, 11) is 1.66. The molecule has 5 nitrogen and oxygen atoms in total. The van der Waals surface area contributed by atoms with Crippen LogP contribution in [0.3, 0.4) is 0 Å². The van der Waals surface area contributed by atoms with Crippen LogP contribution >= 0.6 is 0 Å². The highest BCUT2D eigenvalue weighted by atomic mass is 19.1. The Morgan fingerprint density at radius 3 is 2.92 bits per heavy atom. The first-order valence-electron chi connectivity index (χ1n) is 8.74. The van der Waals surface area contributed by atoms with E-state index in [0.29, 0.717) is 18.7 Å².